The fourth-order valence-corrected chi connectivity index (χ4v) is 2.13. The van der Waals surface area contributed by atoms with Gasteiger partial charge in [0.1, 0.15) is 0 Å². The third-order valence-electron chi connectivity index (χ3n) is 2.44. The van der Waals surface area contributed by atoms with Crippen LogP contribution in [0.5, 0.6) is 0 Å². The summed E-state index contributed by atoms with van der Waals surface area (Å²) >= 11 is 1.72. The van der Waals surface area contributed by atoms with Gasteiger partial charge in [0.2, 0.25) is 0 Å². The van der Waals surface area contributed by atoms with Crippen LogP contribution in [-0.4, -0.2) is 28.5 Å². The van der Waals surface area contributed by atoms with Crippen LogP contribution in [0.25, 0.3) is 0 Å². The molecule has 0 aliphatic heterocycles. The second-order valence-electron chi connectivity index (χ2n) is 3.34. The average Bonchev–Trinajstić information content (AvgIpc) is 2.76. The SMILES string of the molecule is CCN(Cc1cccs1)C(C)C(N)=NO. The van der Waals surface area contributed by atoms with Crippen molar-refractivity contribution in [3.8, 4) is 0 Å². The van der Waals surface area contributed by atoms with Gasteiger partial charge in [0.05, 0.1) is 6.04 Å². The Morgan fingerprint density at radius 3 is 2.93 bits per heavy atom. The zero-order valence-electron chi connectivity index (χ0n) is 9.05. The molecular weight excluding hydrogens is 210 g/mol. The van der Waals surface area contributed by atoms with Crippen LogP contribution in [0.4, 0.5) is 0 Å². The quantitative estimate of drug-likeness (QED) is 0.348. The number of hydrogen-bond acceptors (Lipinski definition) is 4. The molecule has 0 radical (unpaired) electrons. The minimum absolute atomic E-state index is 0.0397. The molecule has 1 aromatic heterocycles. The first-order chi connectivity index (χ1) is 7.19. The van der Waals surface area contributed by atoms with Gasteiger partial charge in [0.15, 0.2) is 5.84 Å². The summed E-state index contributed by atoms with van der Waals surface area (Å²) in [7, 11) is 0. The molecule has 5 heteroatoms. The minimum atomic E-state index is -0.0397. The van der Waals surface area contributed by atoms with Crippen LogP contribution in [0.1, 0.15) is 18.7 Å². The third kappa shape index (κ3) is 3.21. The third-order valence-corrected chi connectivity index (χ3v) is 3.30. The van der Waals surface area contributed by atoms with Gasteiger partial charge in [-0.2, -0.15) is 0 Å². The highest BCUT2D eigenvalue weighted by Gasteiger charge is 2.16. The molecule has 15 heavy (non-hydrogen) atoms. The molecule has 0 amide bonds. The van der Waals surface area contributed by atoms with Crippen molar-refractivity contribution in [2.45, 2.75) is 26.4 Å². The second-order valence-corrected chi connectivity index (χ2v) is 4.38. The number of nitrogens with two attached hydrogens (primary N) is 1. The van der Waals surface area contributed by atoms with Gasteiger partial charge in [0, 0.05) is 11.4 Å². The molecule has 0 bridgehead atoms. The molecule has 1 unspecified atom stereocenters. The normalized spacial score (nSPS) is 14.5. The summed E-state index contributed by atoms with van der Waals surface area (Å²) in [6, 6.07) is 4.08. The van der Waals surface area contributed by atoms with E-state index in [1.165, 1.54) is 4.88 Å². The fourth-order valence-electron chi connectivity index (χ4n) is 1.40. The van der Waals surface area contributed by atoms with Crippen LogP contribution in [0.3, 0.4) is 0 Å². The van der Waals surface area contributed by atoms with Gasteiger partial charge in [-0.1, -0.05) is 18.1 Å². The van der Waals surface area contributed by atoms with Gasteiger partial charge in [-0.3, -0.25) is 4.90 Å². The molecule has 0 aliphatic rings. The Bertz CT molecular complexity index is 310. The van der Waals surface area contributed by atoms with E-state index in [0.29, 0.717) is 0 Å². The Morgan fingerprint density at radius 2 is 2.47 bits per heavy atom. The lowest BCUT2D eigenvalue weighted by molar-refractivity contribution is 0.248. The number of likely N-dealkylation sites (N-methyl/N-ethyl adjacent to an activating group) is 1. The highest BCUT2D eigenvalue weighted by atomic mass is 32.1. The lowest BCUT2D eigenvalue weighted by Gasteiger charge is -2.25. The maximum Gasteiger partial charge on any atom is 0.156 e. The van der Waals surface area contributed by atoms with Crippen molar-refractivity contribution in [2.24, 2.45) is 10.9 Å². The van der Waals surface area contributed by atoms with Crippen molar-refractivity contribution in [3.05, 3.63) is 22.4 Å². The van der Waals surface area contributed by atoms with E-state index in [-0.39, 0.29) is 11.9 Å². The van der Waals surface area contributed by atoms with Gasteiger partial charge in [-0.15, -0.1) is 11.3 Å². The molecule has 84 valence electrons. The van der Waals surface area contributed by atoms with Crippen molar-refractivity contribution in [3.63, 3.8) is 0 Å². The zero-order chi connectivity index (χ0) is 11.3. The highest BCUT2D eigenvalue weighted by Crippen LogP contribution is 2.13. The molecule has 1 rings (SSSR count). The first-order valence-corrected chi connectivity index (χ1v) is 5.80. The predicted molar refractivity (Wildman–Crippen MR) is 63.3 cm³/mol. The Labute approximate surface area is 94.0 Å². The van der Waals surface area contributed by atoms with Gasteiger partial charge in [-0.05, 0) is 24.9 Å². The largest absolute Gasteiger partial charge is 0.409 e. The first kappa shape index (κ1) is 12.0. The monoisotopic (exact) mass is 227 g/mol. The van der Waals surface area contributed by atoms with Crippen LogP contribution >= 0.6 is 11.3 Å². The molecule has 0 saturated carbocycles. The number of oxime groups is 1. The van der Waals surface area contributed by atoms with E-state index < -0.39 is 0 Å². The maximum atomic E-state index is 8.61. The average molecular weight is 227 g/mol. The Hall–Kier alpha value is -1.07. The smallest absolute Gasteiger partial charge is 0.156 e. The first-order valence-electron chi connectivity index (χ1n) is 4.92. The summed E-state index contributed by atoms with van der Waals surface area (Å²) in [5, 5.41) is 13.7. The van der Waals surface area contributed by atoms with E-state index in [1.807, 2.05) is 13.0 Å². The minimum Gasteiger partial charge on any atom is -0.409 e. The van der Waals surface area contributed by atoms with Crippen LogP contribution in [0.15, 0.2) is 22.7 Å². The van der Waals surface area contributed by atoms with Gasteiger partial charge >= 0.3 is 0 Å². The van der Waals surface area contributed by atoms with Crippen LogP contribution in [-0.2, 0) is 6.54 Å². The standard InChI is InChI=1S/C10H17N3OS/c1-3-13(8(2)10(11)12-14)7-9-5-4-6-15-9/h4-6,8,14H,3,7H2,1-2H3,(H2,11,12). The van der Waals surface area contributed by atoms with E-state index in [2.05, 4.69) is 28.4 Å². The molecule has 0 fully saturated rings. The van der Waals surface area contributed by atoms with Gasteiger partial charge < -0.3 is 10.9 Å². The summed E-state index contributed by atoms with van der Waals surface area (Å²) in [6.45, 7) is 5.71. The Kier molecular flexibility index (Phi) is 4.58. The molecule has 0 aromatic carbocycles. The lowest BCUT2D eigenvalue weighted by Crippen LogP contribution is -2.42. The predicted octanol–water partition coefficient (Wildman–Crippen LogP) is 1.70. The molecular formula is C10H17N3OS. The molecule has 1 heterocycles. The Morgan fingerprint density at radius 1 is 1.73 bits per heavy atom. The number of thiophene rings is 1. The van der Waals surface area contributed by atoms with Crippen LogP contribution < -0.4 is 5.73 Å². The fraction of sp³-hybridized carbons (Fsp3) is 0.500. The summed E-state index contributed by atoms with van der Waals surface area (Å²) in [5.74, 6) is 0.258. The zero-order valence-corrected chi connectivity index (χ0v) is 9.87. The second kappa shape index (κ2) is 5.72. The molecule has 1 atom stereocenters. The number of hydrogen-bond donors (Lipinski definition) is 2. The van der Waals surface area contributed by atoms with Crippen LogP contribution in [0, 0.1) is 0 Å². The van der Waals surface area contributed by atoms with Crippen molar-refractivity contribution in [1.29, 1.82) is 0 Å². The highest BCUT2D eigenvalue weighted by molar-refractivity contribution is 7.09. The van der Waals surface area contributed by atoms with E-state index in [9.17, 15) is 0 Å². The van der Waals surface area contributed by atoms with E-state index in [4.69, 9.17) is 10.9 Å². The van der Waals surface area contributed by atoms with Crippen molar-refractivity contribution >= 4 is 17.2 Å². The summed E-state index contributed by atoms with van der Waals surface area (Å²) < 4.78 is 0. The summed E-state index contributed by atoms with van der Waals surface area (Å²) in [5.41, 5.74) is 5.58. The van der Waals surface area contributed by atoms with Crippen molar-refractivity contribution < 1.29 is 5.21 Å². The van der Waals surface area contributed by atoms with Crippen LogP contribution in [0.2, 0.25) is 0 Å². The molecule has 0 spiro atoms. The summed E-state index contributed by atoms with van der Waals surface area (Å²) in [4.78, 5) is 3.44. The molecule has 0 saturated heterocycles. The van der Waals surface area contributed by atoms with Gasteiger partial charge in [-0.25, -0.2) is 0 Å². The van der Waals surface area contributed by atoms with E-state index >= 15 is 0 Å². The Balaban J connectivity index is 2.63. The van der Waals surface area contributed by atoms with E-state index in [0.717, 1.165) is 13.1 Å². The molecule has 3 N–H and O–H groups in total. The van der Waals surface area contributed by atoms with Crippen molar-refractivity contribution in [1.82, 2.24) is 4.90 Å². The lowest BCUT2D eigenvalue weighted by atomic mass is 10.2. The van der Waals surface area contributed by atoms with E-state index in [1.54, 1.807) is 11.3 Å². The van der Waals surface area contributed by atoms with Gasteiger partial charge in [0.25, 0.3) is 0 Å². The van der Waals surface area contributed by atoms with Crippen molar-refractivity contribution in [2.75, 3.05) is 6.54 Å². The molecule has 0 aliphatic carbocycles. The number of rotatable bonds is 5. The molecule has 1 aromatic rings. The number of amidine groups is 1. The maximum absolute atomic E-state index is 8.61. The topological polar surface area (TPSA) is 61.8 Å². The molecule has 4 nitrogen and oxygen atoms in total. The number of nitrogens with zero attached hydrogens (tertiary/aromatic N) is 2. The summed E-state index contributed by atoms with van der Waals surface area (Å²) in [6.07, 6.45) is 0.